The van der Waals surface area contributed by atoms with E-state index >= 15 is 0 Å². The Morgan fingerprint density at radius 3 is 2.57 bits per heavy atom. The molecule has 0 aliphatic heterocycles. The third kappa shape index (κ3) is 4.42. The Morgan fingerprint density at radius 2 is 1.83 bits per heavy atom. The van der Waals surface area contributed by atoms with Gasteiger partial charge in [-0.15, -0.1) is 5.10 Å². The van der Waals surface area contributed by atoms with Crippen LogP contribution < -0.4 is 16.3 Å². The topological polar surface area (TPSA) is 97.5 Å². The third-order valence-electron chi connectivity index (χ3n) is 5.43. The standard InChI is InChI=1S/C22H25N5O3/c1-15-6-8-16(9-7-15)12-23-21(29)17-10-11-19-25-27(22(30)26(19)13-17)14-20(28)24-18-4-2-3-5-18/h6-11,13,18H,2-5,12,14H2,1H3,(H,23,29)(H,24,28). The fourth-order valence-corrected chi connectivity index (χ4v) is 3.73. The van der Waals surface area contributed by atoms with E-state index in [9.17, 15) is 14.4 Å². The molecule has 0 radical (unpaired) electrons. The second kappa shape index (κ2) is 8.52. The van der Waals surface area contributed by atoms with Gasteiger partial charge >= 0.3 is 5.69 Å². The van der Waals surface area contributed by atoms with Gasteiger partial charge < -0.3 is 10.6 Å². The molecule has 1 saturated carbocycles. The van der Waals surface area contributed by atoms with Gasteiger partial charge in [-0.25, -0.2) is 13.9 Å². The molecule has 0 spiro atoms. The first-order chi connectivity index (χ1) is 14.5. The second-order valence-electron chi connectivity index (χ2n) is 7.80. The van der Waals surface area contributed by atoms with Crippen molar-refractivity contribution in [3.05, 3.63) is 69.8 Å². The highest BCUT2D eigenvalue weighted by Crippen LogP contribution is 2.17. The zero-order valence-electron chi connectivity index (χ0n) is 16.9. The summed E-state index contributed by atoms with van der Waals surface area (Å²) in [4.78, 5) is 37.4. The Morgan fingerprint density at radius 1 is 1.10 bits per heavy atom. The number of carbonyl (C=O) groups excluding carboxylic acids is 2. The van der Waals surface area contributed by atoms with Crippen LogP contribution in [0.4, 0.5) is 0 Å². The molecule has 8 heteroatoms. The molecule has 4 rings (SSSR count). The number of nitrogens with zero attached hydrogens (tertiary/aromatic N) is 3. The van der Waals surface area contributed by atoms with Gasteiger partial charge in [-0.05, 0) is 37.5 Å². The zero-order chi connectivity index (χ0) is 21.1. The van der Waals surface area contributed by atoms with Gasteiger partial charge in [-0.1, -0.05) is 42.7 Å². The summed E-state index contributed by atoms with van der Waals surface area (Å²) in [6.07, 6.45) is 5.66. The number of amides is 2. The molecule has 2 amide bonds. The fourth-order valence-electron chi connectivity index (χ4n) is 3.73. The van der Waals surface area contributed by atoms with E-state index in [1.165, 1.54) is 10.6 Å². The minimum absolute atomic E-state index is 0.133. The first-order valence-corrected chi connectivity index (χ1v) is 10.2. The van der Waals surface area contributed by atoms with Crippen LogP contribution in [0.5, 0.6) is 0 Å². The number of hydrogen-bond acceptors (Lipinski definition) is 4. The van der Waals surface area contributed by atoms with Crippen LogP contribution in [0.25, 0.3) is 5.65 Å². The number of carbonyl (C=O) groups is 2. The summed E-state index contributed by atoms with van der Waals surface area (Å²) in [5, 5.41) is 10.0. The van der Waals surface area contributed by atoms with Gasteiger partial charge in [-0.3, -0.25) is 9.59 Å². The Balaban J connectivity index is 1.44. The summed E-state index contributed by atoms with van der Waals surface area (Å²) in [6.45, 7) is 2.27. The Bertz CT molecular complexity index is 1120. The van der Waals surface area contributed by atoms with Gasteiger partial charge in [0.25, 0.3) is 5.91 Å². The van der Waals surface area contributed by atoms with Crippen molar-refractivity contribution in [2.45, 2.75) is 51.7 Å². The number of aromatic nitrogens is 3. The predicted molar refractivity (Wildman–Crippen MR) is 112 cm³/mol. The molecule has 0 bridgehead atoms. The van der Waals surface area contributed by atoms with Gasteiger partial charge in [0.1, 0.15) is 6.54 Å². The number of hydrogen-bond donors (Lipinski definition) is 2. The van der Waals surface area contributed by atoms with Crippen molar-refractivity contribution < 1.29 is 9.59 Å². The molecule has 30 heavy (non-hydrogen) atoms. The molecule has 0 saturated heterocycles. The van der Waals surface area contributed by atoms with Crippen molar-refractivity contribution in [2.24, 2.45) is 0 Å². The predicted octanol–water partition coefficient (Wildman–Crippen LogP) is 1.79. The van der Waals surface area contributed by atoms with E-state index in [0.717, 1.165) is 41.5 Å². The van der Waals surface area contributed by atoms with Crippen LogP contribution in [0, 0.1) is 6.92 Å². The molecule has 2 heterocycles. The minimum Gasteiger partial charge on any atom is -0.352 e. The lowest BCUT2D eigenvalue weighted by atomic mass is 10.1. The summed E-state index contributed by atoms with van der Waals surface area (Å²) in [5.41, 5.74) is 2.45. The number of fused-ring (bicyclic) bond motifs is 1. The van der Waals surface area contributed by atoms with Gasteiger partial charge in [0.15, 0.2) is 5.65 Å². The zero-order valence-corrected chi connectivity index (χ0v) is 16.9. The number of nitrogens with one attached hydrogen (secondary N) is 2. The van der Waals surface area contributed by atoms with Crippen LogP contribution in [-0.2, 0) is 17.9 Å². The highest BCUT2D eigenvalue weighted by Gasteiger charge is 2.19. The lowest BCUT2D eigenvalue weighted by Crippen LogP contribution is -2.37. The molecule has 1 aromatic carbocycles. The third-order valence-corrected chi connectivity index (χ3v) is 5.43. The largest absolute Gasteiger partial charge is 0.352 e. The summed E-state index contributed by atoms with van der Waals surface area (Å²) in [5.74, 6) is -0.500. The maximum atomic E-state index is 12.6. The lowest BCUT2D eigenvalue weighted by molar-refractivity contribution is -0.122. The van der Waals surface area contributed by atoms with Gasteiger partial charge in [0, 0.05) is 18.8 Å². The smallest absolute Gasteiger partial charge is 0.350 e. The SMILES string of the molecule is Cc1ccc(CNC(=O)c2ccc3nn(CC(=O)NC4CCCC4)c(=O)n3c2)cc1. The maximum absolute atomic E-state index is 12.6. The van der Waals surface area contributed by atoms with Crippen molar-refractivity contribution in [2.75, 3.05) is 0 Å². The molecule has 8 nitrogen and oxygen atoms in total. The number of pyridine rings is 1. The monoisotopic (exact) mass is 407 g/mol. The normalized spacial score (nSPS) is 14.2. The molecular weight excluding hydrogens is 382 g/mol. The average molecular weight is 407 g/mol. The highest BCUT2D eigenvalue weighted by atomic mass is 16.2. The summed E-state index contributed by atoms with van der Waals surface area (Å²) < 4.78 is 2.43. The van der Waals surface area contributed by atoms with Crippen LogP contribution in [0.3, 0.4) is 0 Å². The van der Waals surface area contributed by atoms with E-state index in [-0.39, 0.29) is 24.4 Å². The van der Waals surface area contributed by atoms with E-state index in [4.69, 9.17) is 0 Å². The maximum Gasteiger partial charge on any atom is 0.350 e. The molecule has 0 unspecified atom stereocenters. The lowest BCUT2D eigenvalue weighted by Gasteiger charge is -2.10. The number of aryl methyl sites for hydroxylation is 1. The van der Waals surface area contributed by atoms with Gasteiger partial charge in [0.2, 0.25) is 5.91 Å². The van der Waals surface area contributed by atoms with Crippen molar-refractivity contribution in [1.82, 2.24) is 24.8 Å². The Labute approximate surface area is 173 Å². The molecule has 2 aromatic heterocycles. The summed E-state index contributed by atoms with van der Waals surface area (Å²) >= 11 is 0. The van der Waals surface area contributed by atoms with E-state index in [1.54, 1.807) is 12.1 Å². The van der Waals surface area contributed by atoms with E-state index in [2.05, 4.69) is 15.7 Å². The van der Waals surface area contributed by atoms with Gasteiger partial charge in [0.05, 0.1) is 5.56 Å². The van der Waals surface area contributed by atoms with Crippen LogP contribution in [0.2, 0.25) is 0 Å². The van der Waals surface area contributed by atoms with Crippen molar-refractivity contribution in [1.29, 1.82) is 0 Å². The molecule has 2 N–H and O–H groups in total. The van der Waals surface area contributed by atoms with Crippen LogP contribution >= 0.6 is 0 Å². The second-order valence-corrected chi connectivity index (χ2v) is 7.80. The van der Waals surface area contributed by atoms with Gasteiger partial charge in [-0.2, -0.15) is 0 Å². The van der Waals surface area contributed by atoms with Crippen molar-refractivity contribution >= 4 is 17.5 Å². The van der Waals surface area contributed by atoms with Crippen molar-refractivity contribution in [3.8, 4) is 0 Å². The minimum atomic E-state index is -0.445. The van der Waals surface area contributed by atoms with Crippen molar-refractivity contribution in [3.63, 3.8) is 0 Å². The summed E-state index contributed by atoms with van der Waals surface area (Å²) in [6, 6.07) is 11.3. The van der Waals surface area contributed by atoms with Crippen LogP contribution in [0.15, 0.2) is 47.4 Å². The van der Waals surface area contributed by atoms with Crippen LogP contribution in [0.1, 0.15) is 47.2 Å². The highest BCUT2D eigenvalue weighted by molar-refractivity contribution is 5.94. The molecule has 1 aliphatic rings. The Hall–Kier alpha value is -3.42. The average Bonchev–Trinajstić information content (AvgIpc) is 3.35. The molecule has 0 atom stereocenters. The molecule has 3 aromatic rings. The molecule has 1 aliphatic carbocycles. The molecular formula is C22H25N5O3. The Kier molecular flexibility index (Phi) is 5.65. The van der Waals surface area contributed by atoms with E-state index in [0.29, 0.717) is 17.8 Å². The first-order valence-electron chi connectivity index (χ1n) is 10.2. The van der Waals surface area contributed by atoms with E-state index < -0.39 is 5.69 Å². The molecule has 156 valence electrons. The number of rotatable bonds is 6. The molecule has 1 fully saturated rings. The number of benzene rings is 1. The fraction of sp³-hybridized carbons (Fsp3) is 0.364. The first kappa shape index (κ1) is 19.9. The summed E-state index contributed by atoms with van der Waals surface area (Å²) in [7, 11) is 0. The van der Waals surface area contributed by atoms with E-state index in [1.807, 2.05) is 31.2 Å². The quantitative estimate of drug-likeness (QED) is 0.651. The van der Waals surface area contributed by atoms with Crippen LogP contribution in [-0.4, -0.2) is 32.0 Å².